The lowest BCUT2D eigenvalue weighted by Crippen LogP contribution is -1.94. The third-order valence-electron chi connectivity index (χ3n) is 8.92. The van der Waals surface area contributed by atoms with Crippen molar-refractivity contribution in [2.45, 2.75) is 0 Å². The highest BCUT2D eigenvalue weighted by atomic mass is 14.6. The number of rotatable bonds is 4. The zero-order chi connectivity index (χ0) is 31.2. The van der Waals surface area contributed by atoms with Crippen LogP contribution in [0, 0.1) is 29.2 Å². The maximum atomic E-state index is 9.74. The van der Waals surface area contributed by atoms with Crippen molar-refractivity contribution in [1.29, 1.82) is 10.5 Å². The van der Waals surface area contributed by atoms with Gasteiger partial charge >= 0.3 is 0 Å². The van der Waals surface area contributed by atoms with Gasteiger partial charge in [0.05, 0.1) is 29.8 Å². The molecule has 0 saturated carbocycles. The normalized spacial score (nSPS) is 11.0. The van der Waals surface area contributed by atoms with E-state index in [1.807, 2.05) is 72.8 Å². The molecule has 0 saturated heterocycles. The van der Waals surface area contributed by atoms with E-state index in [2.05, 4.69) is 83.7 Å². The highest BCUT2D eigenvalue weighted by Crippen LogP contribution is 2.48. The minimum absolute atomic E-state index is 0.611. The Morgan fingerprint density at radius 1 is 0.413 bits per heavy atom. The molecule has 8 aromatic rings. The molecular formula is C43H23N3. The summed E-state index contributed by atoms with van der Waals surface area (Å²) in [6.45, 7) is 7.46. The van der Waals surface area contributed by atoms with Crippen LogP contribution in [0.4, 0.5) is 5.69 Å². The van der Waals surface area contributed by atoms with Crippen molar-refractivity contribution in [3.05, 3.63) is 162 Å². The van der Waals surface area contributed by atoms with E-state index < -0.39 is 0 Å². The van der Waals surface area contributed by atoms with Crippen LogP contribution in [0.5, 0.6) is 0 Å². The summed E-state index contributed by atoms with van der Waals surface area (Å²) in [5.74, 6) is 0. The molecule has 0 spiro atoms. The summed E-state index contributed by atoms with van der Waals surface area (Å²) in [6.07, 6.45) is 0. The molecule has 3 heteroatoms. The van der Waals surface area contributed by atoms with Crippen LogP contribution in [0.1, 0.15) is 11.1 Å². The average Bonchev–Trinajstić information content (AvgIpc) is 3.14. The Morgan fingerprint density at radius 2 is 0.870 bits per heavy atom. The van der Waals surface area contributed by atoms with Crippen LogP contribution >= 0.6 is 0 Å². The van der Waals surface area contributed by atoms with Crippen LogP contribution in [-0.2, 0) is 0 Å². The molecule has 0 aliphatic carbocycles. The molecule has 0 bridgehead atoms. The monoisotopic (exact) mass is 581 g/mol. The topological polar surface area (TPSA) is 51.9 Å². The van der Waals surface area contributed by atoms with Crippen molar-refractivity contribution < 1.29 is 0 Å². The largest absolute Gasteiger partial charge is 0.238 e. The first kappa shape index (κ1) is 26.9. The Bertz CT molecular complexity index is 2580. The lowest BCUT2D eigenvalue weighted by molar-refractivity contribution is 1.48. The van der Waals surface area contributed by atoms with Crippen molar-refractivity contribution in [1.82, 2.24) is 0 Å². The van der Waals surface area contributed by atoms with Crippen LogP contribution in [0.2, 0.25) is 0 Å². The standard InChI is InChI=1S/C43H23N3/c1-46-33-16-14-31(15-17-33)39-23-38(29-7-3-2-4-8-29)34-18-19-36-40(30-12-10-27(25-44)11-13-30)24-41(32-9-5-6-28(22-32)26-45)37-21-20-35(39)42(34)43(36)37/h2-24H. The van der Waals surface area contributed by atoms with Crippen LogP contribution in [-0.4, -0.2) is 0 Å². The molecule has 0 aliphatic heterocycles. The minimum Gasteiger partial charge on any atom is -0.238 e. The summed E-state index contributed by atoms with van der Waals surface area (Å²) in [6, 6.07) is 51.8. The second-order valence-corrected chi connectivity index (χ2v) is 11.4. The molecular weight excluding hydrogens is 558 g/mol. The predicted octanol–water partition coefficient (Wildman–Crippen LogP) is 11.5. The second kappa shape index (κ2) is 10.8. The van der Waals surface area contributed by atoms with E-state index >= 15 is 0 Å². The summed E-state index contributed by atoms with van der Waals surface area (Å²) in [5.41, 5.74) is 10.4. The van der Waals surface area contributed by atoms with Crippen molar-refractivity contribution in [3.63, 3.8) is 0 Å². The molecule has 0 aliphatic rings. The van der Waals surface area contributed by atoms with Gasteiger partial charge in [0.2, 0.25) is 0 Å². The lowest BCUT2D eigenvalue weighted by atomic mass is 9.82. The van der Waals surface area contributed by atoms with Gasteiger partial charge in [-0.3, -0.25) is 0 Å². The van der Waals surface area contributed by atoms with Crippen molar-refractivity contribution in [2.24, 2.45) is 0 Å². The summed E-state index contributed by atoms with van der Waals surface area (Å²) in [7, 11) is 0. The zero-order valence-corrected chi connectivity index (χ0v) is 24.6. The Hall–Kier alpha value is -6.73. The van der Waals surface area contributed by atoms with Crippen LogP contribution in [0.25, 0.3) is 81.7 Å². The Morgan fingerprint density at radius 3 is 1.37 bits per heavy atom. The zero-order valence-electron chi connectivity index (χ0n) is 24.6. The summed E-state index contributed by atoms with van der Waals surface area (Å²) < 4.78 is 0. The first-order chi connectivity index (χ1) is 22.7. The first-order valence-electron chi connectivity index (χ1n) is 15.0. The molecule has 0 fully saturated rings. The van der Waals surface area contributed by atoms with Crippen molar-refractivity contribution >= 4 is 38.0 Å². The van der Waals surface area contributed by atoms with Gasteiger partial charge in [-0.1, -0.05) is 103 Å². The number of nitrogens with zero attached hydrogens (tertiary/aromatic N) is 3. The molecule has 46 heavy (non-hydrogen) atoms. The fourth-order valence-corrected chi connectivity index (χ4v) is 6.76. The highest BCUT2D eigenvalue weighted by Gasteiger charge is 2.21. The lowest BCUT2D eigenvalue weighted by Gasteiger charge is -2.21. The Kier molecular flexibility index (Phi) is 6.29. The molecule has 8 aromatic carbocycles. The maximum absolute atomic E-state index is 9.74. The van der Waals surface area contributed by atoms with Crippen LogP contribution < -0.4 is 0 Å². The molecule has 0 unspecified atom stereocenters. The molecule has 0 radical (unpaired) electrons. The summed E-state index contributed by atoms with van der Waals surface area (Å²) in [4.78, 5) is 3.61. The van der Waals surface area contributed by atoms with Crippen LogP contribution in [0.3, 0.4) is 0 Å². The minimum atomic E-state index is 0.611. The number of nitriles is 2. The number of hydrogen-bond acceptors (Lipinski definition) is 2. The van der Waals surface area contributed by atoms with Crippen molar-refractivity contribution in [3.8, 4) is 56.6 Å². The van der Waals surface area contributed by atoms with E-state index in [0.717, 1.165) is 71.4 Å². The van der Waals surface area contributed by atoms with E-state index in [1.165, 1.54) is 5.39 Å². The molecule has 8 rings (SSSR count). The summed E-state index contributed by atoms with van der Waals surface area (Å²) >= 11 is 0. The Labute approximate surface area is 266 Å². The average molecular weight is 582 g/mol. The predicted molar refractivity (Wildman–Crippen MR) is 188 cm³/mol. The van der Waals surface area contributed by atoms with E-state index in [0.29, 0.717) is 16.8 Å². The molecule has 0 atom stereocenters. The molecule has 0 aromatic heterocycles. The SMILES string of the molecule is [C-]#[N+]c1ccc(-c2cc(-c3ccccc3)c3ccc4c(-c5ccc(C#N)cc5)cc(-c5cccc(C#N)c5)c5ccc2c3c45)cc1. The fourth-order valence-electron chi connectivity index (χ4n) is 6.76. The summed E-state index contributed by atoms with van der Waals surface area (Å²) in [5, 5.41) is 26.1. The maximum Gasteiger partial charge on any atom is 0.187 e. The van der Waals surface area contributed by atoms with Crippen LogP contribution in [0.15, 0.2) is 140 Å². The molecule has 0 heterocycles. The first-order valence-corrected chi connectivity index (χ1v) is 15.0. The molecule has 3 nitrogen and oxygen atoms in total. The van der Waals surface area contributed by atoms with Gasteiger partial charge in [-0.05, 0) is 113 Å². The van der Waals surface area contributed by atoms with Gasteiger partial charge < -0.3 is 0 Å². The smallest absolute Gasteiger partial charge is 0.187 e. The van der Waals surface area contributed by atoms with Crippen molar-refractivity contribution in [2.75, 3.05) is 0 Å². The third kappa shape index (κ3) is 4.26. The van der Waals surface area contributed by atoms with E-state index in [-0.39, 0.29) is 0 Å². The highest BCUT2D eigenvalue weighted by molar-refractivity contribution is 6.31. The van der Waals surface area contributed by atoms with Gasteiger partial charge in [0.1, 0.15) is 0 Å². The van der Waals surface area contributed by atoms with Gasteiger partial charge in [0, 0.05) is 0 Å². The van der Waals surface area contributed by atoms with Gasteiger partial charge in [0.25, 0.3) is 0 Å². The molecule has 210 valence electrons. The van der Waals surface area contributed by atoms with E-state index in [1.54, 1.807) is 0 Å². The van der Waals surface area contributed by atoms with Gasteiger partial charge in [-0.25, -0.2) is 4.85 Å². The van der Waals surface area contributed by atoms with Gasteiger partial charge in [0.15, 0.2) is 5.69 Å². The fraction of sp³-hybridized carbons (Fsp3) is 0. The van der Waals surface area contributed by atoms with E-state index in [9.17, 15) is 10.5 Å². The quantitative estimate of drug-likeness (QED) is 0.153. The number of benzene rings is 8. The van der Waals surface area contributed by atoms with Gasteiger partial charge in [-0.2, -0.15) is 10.5 Å². The molecule has 0 N–H and O–H groups in total. The van der Waals surface area contributed by atoms with Gasteiger partial charge in [-0.15, -0.1) is 0 Å². The molecule has 0 amide bonds. The number of hydrogen-bond donors (Lipinski definition) is 0. The third-order valence-corrected chi connectivity index (χ3v) is 8.92. The Balaban J connectivity index is 1.55. The van der Waals surface area contributed by atoms with E-state index in [4.69, 9.17) is 6.57 Å². The second-order valence-electron chi connectivity index (χ2n) is 11.4.